The molecule has 2 amide bonds. The van der Waals surface area contributed by atoms with Gasteiger partial charge in [0, 0.05) is 20.0 Å². The minimum Gasteiger partial charge on any atom is -0.490 e. The number of carbonyl (C=O) groups is 2. The van der Waals surface area contributed by atoms with Crippen molar-refractivity contribution in [1.29, 1.82) is 0 Å². The number of para-hydroxylation sites is 1. The van der Waals surface area contributed by atoms with Crippen molar-refractivity contribution >= 4 is 23.4 Å². The zero-order valence-corrected chi connectivity index (χ0v) is 12.7. The standard InChI is InChI=1S/C15H19ClN2O3/c1-18(15(20)11-6-7-14(19)17-10-11)8-9-21-13-5-3-2-4-12(13)16/h2-5,11H,6-10H2,1H3,(H,17,19). The Morgan fingerprint density at radius 3 is 2.90 bits per heavy atom. The summed E-state index contributed by atoms with van der Waals surface area (Å²) in [5, 5.41) is 3.28. The molecule has 1 aliphatic heterocycles. The molecule has 1 fully saturated rings. The average Bonchev–Trinajstić information content (AvgIpc) is 2.49. The Balaban J connectivity index is 1.76. The summed E-state index contributed by atoms with van der Waals surface area (Å²) < 4.78 is 5.57. The molecule has 0 radical (unpaired) electrons. The van der Waals surface area contributed by atoms with Crippen LogP contribution in [0.25, 0.3) is 0 Å². The van der Waals surface area contributed by atoms with Crippen LogP contribution in [0.1, 0.15) is 12.8 Å². The highest BCUT2D eigenvalue weighted by Crippen LogP contribution is 2.23. The lowest BCUT2D eigenvalue weighted by Crippen LogP contribution is -2.44. The van der Waals surface area contributed by atoms with Gasteiger partial charge in [-0.2, -0.15) is 0 Å². The lowest BCUT2D eigenvalue weighted by molar-refractivity contribution is -0.136. The van der Waals surface area contributed by atoms with Gasteiger partial charge in [0.1, 0.15) is 12.4 Å². The van der Waals surface area contributed by atoms with Gasteiger partial charge in [-0.3, -0.25) is 9.59 Å². The molecule has 1 unspecified atom stereocenters. The van der Waals surface area contributed by atoms with E-state index in [2.05, 4.69) is 5.32 Å². The number of hydrogen-bond donors (Lipinski definition) is 1. The first-order valence-electron chi connectivity index (χ1n) is 6.97. The van der Waals surface area contributed by atoms with Crippen LogP contribution in [0.4, 0.5) is 0 Å². The summed E-state index contributed by atoms with van der Waals surface area (Å²) in [4.78, 5) is 24.9. The lowest BCUT2D eigenvalue weighted by Gasteiger charge is -2.26. The van der Waals surface area contributed by atoms with E-state index in [-0.39, 0.29) is 17.7 Å². The molecule has 2 rings (SSSR count). The summed E-state index contributed by atoms with van der Waals surface area (Å²) >= 11 is 5.99. The molecule has 0 saturated carbocycles. The van der Waals surface area contributed by atoms with E-state index in [4.69, 9.17) is 16.3 Å². The predicted octanol–water partition coefficient (Wildman–Crippen LogP) is 1.70. The van der Waals surface area contributed by atoms with E-state index < -0.39 is 0 Å². The van der Waals surface area contributed by atoms with Crippen LogP contribution in [0.2, 0.25) is 5.02 Å². The summed E-state index contributed by atoms with van der Waals surface area (Å²) in [5.41, 5.74) is 0. The van der Waals surface area contributed by atoms with Gasteiger partial charge in [0.15, 0.2) is 0 Å². The highest BCUT2D eigenvalue weighted by Gasteiger charge is 2.26. The molecule has 0 spiro atoms. The Morgan fingerprint density at radius 2 is 2.24 bits per heavy atom. The van der Waals surface area contributed by atoms with Crippen molar-refractivity contribution in [3.05, 3.63) is 29.3 Å². The number of rotatable bonds is 5. The number of halogens is 1. The minimum atomic E-state index is -0.131. The van der Waals surface area contributed by atoms with Gasteiger partial charge in [0.05, 0.1) is 17.5 Å². The maximum absolute atomic E-state index is 12.2. The first kappa shape index (κ1) is 15.6. The minimum absolute atomic E-state index is 0.0174. The molecule has 0 aliphatic carbocycles. The van der Waals surface area contributed by atoms with E-state index in [1.165, 1.54) is 0 Å². The molecule has 1 saturated heterocycles. The number of amides is 2. The van der Waals surface area contributed by atoms with Crippen LogP contribution >= 0.6 is 11.6 Å². The molecule has 1 aromatic carbocycles. The van der Waals surface area contributed by atoms with Gasteiger partial charge in [-0.25, -0.2) is 0 Å². The quantitative estimate of drug-likeness (QED) is 0.900. The number of piperidine rings is 1. The monoisotopic (exact) mass is 310 g/mol. The third kappa shape index (κ3) is 4.36. The molecule has 0 bridgehead atoms. The van der Waals surface area contributed by atoms with Crippen molar-refractivity contribution in [3.8, 4) is 5.75 Å². The number of nitrogens with one attached hydrogen (secondary N) is 1. The Kier molecular flexibility index (Phi) is 5.44. The van der Waals surface area contributed by atoms with Crippen molar-refractivity contribution in [3.63, 3.8) is 0 Å². The molecule has 1 atom stereocenters. The van der Waals surface area contributed by atoms with Crippen LogP contribution in [-0.4, -0.2) is 43.5 Å². The second-order valence-electron chi connectivity index (χ2n) is 5.08. The second kappa shape index (κ2) is 7.31. The number of hydrogen-bond acceptors (Lipinski definition) is 3. The van der Waals surface area contributed by atoms with Gasteiger partial charge in [-0.15, -0.1) is 0 Å². The molecule has 0 aromatic heterocycles. The summed E-state index contributed by atoms with van der Waals surface area (Å²) in [6.07, 6.45) is 1.03. The second-order valence-corrected chi connectivity index (χ2v) is 5.49. The molecule has 1 aromatic rings. The van der Waals surface area contributed by atoms with E-state index in [0.29, 0.717) is 43.3 Å². The topological polar surface area (TPSA) is 58.6 Å². The summed E-state index contributed by atoms with van der Waals surface area (Å²) in [5.74, 6) is 0.541. The van der Waals surface area contributed by atoms with E-state index >= 15 is 0 Å². The number of likely N-dealkylation sites (N-methyl/N-ethyl adjacent to an activating group) is 1. The number of benzene rings is 1. The molecule has 1 N–H and O–H groups in total. The fourth-order valence-corrected chi connectivity index (χ4v) is 2.41. The van der Waals surface area contributed by atoms with Crippen LogP contribution in [0.15, 0.2) is 24.3 Å². The highest BCUT2D eigenvalue weighted by atomic mass is 35.5. The van der Waals surface area contributed by atoms with Crippen molar-refractivity contribution < 1.29 is 14.3 Å². The molecule has 21 heavy (non-hydrogen) atoms. The van der Waals surface area contributed by atoms with E-state index in [1.54, 1.807) is 24.1 Å². The van der Waals surface area contributed by atoms with E-state index in [0.717, 1.165) is 0 Å². The van der Waals surface area contributed by atoms with Gasteiger partial charge >= 0.3 is 0 Å². The predicted molar refractivity (Wildman–Crippen MR) is 80.3 cm³/mol. The van der Waals surface area contributed by atoms with Crippen molar-refractivity contribution in [2.24, 2.45) is 5.92 Å². The summed E-state index contributed by atoms with van der Waals surface area (Å²) in [6, 6.07) is 7.24. The van der Waals surface area contributed by atoms with Gasteiger partial charge in [-0.05, 0) is 18.6 Å². The Morgan fingerprint density at radius 1 is 1.48 bits per heavy atom. The van der Waals surface area contributed by atoms with Crippen LogP contribution in [-0.2, 0) is 9.59 Å². The molecule has 1 heterocycles. The molecular weight excluding hydrogens is 292 g/mol. The molecule has 6 heteroatoms. The number of carbonyl (C=O) groups excluding carboxylic acids is 2. The van der Waals surface area contributed by atoms with Gasteiger partial charge in [0.25, 0.3) is 0 Å². The lowest BCUT2D eigenvalue weighted by atomic mass is 9.98. The smallest absolute Gasteiger partial charge is 0.227 e. The SMILES string of the molecule is CN(CCOc1ccccc1Cl)C(=O)C1CCC(=O)NC1. The summed E-state index contributed by atoms with van der Waals surface area (Å²) in [7, 11) is 1.74. The fraction of sp³-hybridized carbons (Fsp3) is 0.467. The number of ether oxygens (including phenoxy) is 1. The first-order chi connectivity index (χ1) is 10.1. The Hall–Kier alpha value is -1.75. The van der Waals surface area contributed by atoms with E-state index in [9.17, 15) is 9.59 Å². The highest BCUT2D eigenvalue weighted by molar-refractivity contribution is 6.32. The van der Waals surface area contributed by atoms with Crippen LogP contribution in [0.5, 0.6) is 5.75 Å². The fourth-order valence-electron chi connectivity index (χ4n) is 2.22. The first-order valence-corrected chi connectivity index (χ1v) is 7.34. The Bertz CT molecular complexity index is 511. The van der Waals surface area contributed by atoms with Crippen LogP contribution in [0, 0.1) is 5.92 Å². The van der Waals surface area contributed by atoms with Crippen LogP contribution in [0.3, 0.4) is 0 Å². The zero-order chi connectivity index (χ0) is 15.2. The van der Waals surface area contributed by atoms with Crippen LogP contribution < -0.4 is 10.1 Å². The largest absolute Gasteiger partial charge is 0.490 e. The third-order valence-corrected chi connectivity index (χ3v) is 3.82. The van der Waals surface area contributed by atoms with Gasteiger partial charge < -0.3 is 15.0 Å². The van der Waals surface area contributed by atoms with E-state index in [1.807, 2.05) is 12.1 Å². The maximum atomic E-state index is 12.2. The Labute approximate surface area is 129 Å². The van der Waals surface area contributed by atoms with Gasteiger partial charge in [-0.1, -0.05) is 23.7 Å². The average molecular weight is 311 g/mol. The normalized spacial score (nSPS) is 18.0. The van der Waals surface area contributed by atoms with Crippen molar-refractivity contribution in [2.45, 2.75) is 12.8 Å². The summed E-state index contributed by atoms with van der Waals surface area (Å²) in [6.45, 7) is 1.28. The van der Waals surface area contributed by atoms with Crippen molar-refractivity contribution in [2.75, 3.05) is 26.7 Å². The molecule has 114 valence electrons. The van der Waals surface area contributed by atoms with Crippen molar-refractivity contribution in [1.82, 2.24) is 10.2 Å². The molecular formula is C15H19ClN2O3. The maximum Gasteiger partial charge on any atom is 0.227 e. The third-order valence-electron chi connectivity index (χ3n) is 3.51. The molecule has 1 aliphatic rings. The zero-order valence-electron chi connectivity index (χ0n) is 12.0. The van der Waals surface area contributed by atoms with Gasteiger partial charge in [0.2, 0.25) is 11.8 Å². The number of nitrogens with zero attached hydrogens (tertiary/aromatic N) is 1. The molecule has 5 nitrogen and oxygen atoms in total.